The third-order valence-electron chi connectivity index (χ3n) is 4.57. The number of hydrogen-bond donors (Lipinski definition) is 1. The number of benzene rings is 1. The summed E-state index contributed by atoms with van der Waals surface area (Å²) in [5, 5.41) is 2.99. The lowest BCUT2D eigenvalue weighted by atomic mass is 10.2. The van der Waals surface area contributed by atoms with Crippen molar-refractivity contribution in [1.29, 1.82) is 0 Å². The first-order valence-electron chi connectivity index (χ1n) is 9.61. The Labute approximate surface area is 161 Å². The summed E-state index contributed by atoms with van der Waals surface area (Å²) in [5.41, 5.74) is 1.83. The molecule has 0 radical (unpaired) electrons. The highest BCUT2D eigenvalue weighted by Crippen LogP contribution is 2.23. The summed E-state index contributed by atoms with van der Waals surface area (Å²) >= 11 is 0. The predicted molar refractivity (Wildman–Crippen MR) is 107 cm³/mol. The number of hydrogen-bond acceptors (Lipinski definition) is 5. The fourth-order valence-corrected chi connectivity index (χ4v) is 3.13. The number of anilines is 1. The van der Waals surface area contributed by atoms with Crippen molar-refractivity contribution in [2.45, 2.75) is 19.9 Å². The molecule has 1 amide bonds. The van der Waals surface area contributed by atoms with Gasteiger partial charge in [-0.3, -0.25) is 19.6 Å². The van der Waals surface area contributed by atoms with E-state index in [0.29, 0.717) is 13.2 Å². The van der Waals surface area contributed by atoms with Crippen molar-refractivity contribution in [2.24, 2.45) is 0 Å². The van der Waals surface area contributed by atoms with Gasteiger partial charge in [0.1, 0.15) is 5.75 Å². The molecule has 144 valence electrons. The van der Waals surface area contributed by atoms with Crippen molar-refractivity contribution in [3.8, 4) is 5.75 Å². The molecule has 6 heteroatoms. The summed E-state index contributed by atoms with van der Waals surface area (Å²) < 4.78 is 5.71. The fourth-order valence-electron chi connectivity index (χ4n) is 3.13. The third-order valence-corrected chi connectivity index (χ3v) is 4.57. The van der Waals surface area contributed by atoms with Crippen molar-refractivity contribution >= 4 is 11.6 Å². The largest absolute Gasteiger partial charge is 0.491 e. The molecule has 0 bridgehead atoms. The van der Waals surface area contributed by atoms with Crippen LogP contribution < -0.4 is 10.1 Å². The van der Waals surface area contributed by atoms with E-state index in [1.54, 1.807) is 0 Å². The topological polar surface area (TPSA) is 57.7 Å². The van der Waals surface area contributed by atoms with Crippen molar-refractivity contribution in [3.63, 3.8) is 0 Å². The number of nitrogens with one attached hydrogen (secondary N) is 1. The minimum atomic E-state index is 0.000671. The molecule has 6 nitrogen and oxygen atoms in total. The first kappa shape index (κ1) is 19.3. The molecule has 0 unspecified atom stereocenters. The molecular formula is C21H28N4O2. The van der Waals surface area contributed by atoms with E-state index in [1.165, 1.54) is 0 Å². The second kappa shape index (κ2) is 10.0. The van der Waals surface area contributed by atoms with Crippen LogP contribution >= 0.6 is 0 Å². The van der Waals surface area contributed by atoms with Gasteiger partial charge in [-0.15, -0.1) is 0 Å². The second-order valence-electron chi connectivity index (χ2n) is 6.77. The lowest BCUT2D eigenvalue weighted by molar-refractivity contribution is -0.117. The summed E-state index contributed by atoms with van der Waals surface area (Å²) in [6.07, 6.45) is 2.77. The van der Waals surface area contributed by atoms with Crippen LogP contribution in [0, 0.1) is 0 Å². The Morgan fingerprint density at radius 1 is 1.07 bits per heavy atom. The van der Waals surface area contributed by atoms with Gasteiger partial charge >= 0.3 is 0 Å². The van der Waals surface area contributed by atoms with E-state index in [4.69, 9.17) is 4.74 Å². The Morgan fingerprint density at radius 2 is 1.81 bits per heavy atom. The molecule has 1 aromatic heterocycles. The van der Waals surface area contributed by atoms with Gasteiger partial charge in [0.25, 0.3) is 0 Å². The zero-order valence-electron chi connectivity index (χ0n) is 15.9. The zero-order valence-corrected chi connectivity index (χ0v) is 15.9. The van der Waals surface area contributed by atoms with Crippen molar-refractivity contribution in [1.82, 2.24) is 14.8 Å². The van der Waals surface area contributed by atoms with Gasteiger partial charge in [-0.1, -0.05) is 25.1 Å². The first-order valence-corrected chi connectivity index (χ1v) is 9.61. The van der Waals surface area contributed by atoms with E-state index < -0.39 is 0 Å². The lowest BCUT2D eigenvalue weighted by Crippen LogP contribution is -2.48. The van der Waals surface area contributed by atoms with Crippen LogP contribution in [-0.4, -0.2) is 60.0 Å². The number of pyridine rings is 1. The monoisotopic (exact) mass is 368 g/mol. The molecule has 1 aliphatic heterocycles. The molecule has 1 aliphatic rings. The molecule has 0 saturated carbocycles. The van der Waals surface area contributed by atoms with Crippen molar-refractivity contribution < 1.29 is 9.53 Å². The van der Waals surface area contributed by atoms with Gasteiger partial charge in [0.2, 0.25) is 5.91 Å². The molecule has 27 heavy (non-hydrogen) atoms. The van der Waals surface area contributed by atoms with Gasteiger partial charge in [0.05, 0.1) is 24.5 Å². The summed E-state index contributed by atoms with van der Waals surface area (Å²) in [7, 11) is 0. The standard InChI is InChI=1S/C21H28N4O2/c1-2-15-27-20-9-4-3-8-19(20)23-21(26)17-25-13-11-24(12-14-25)16-18-7-5-6-10-22-18/h3-10H,2,11-17H2,1H3,(H,23,26). The molecule has 3 rings (SSSR count). The highest BCUT2D eigenvalue weighted by atomic mass is 16.5. The van der Waals surface area contributed by atoms with Crippen LogP contribution in [0.5, 0.6) is 5.75 Å². The highest BCUT2D eigenvalue weighted by molar-refractivity contribution is 5.93. The molecular weight excluding hydrogens is 340 g/mol. The van der Waals surface area contributed by atoms with Crippen LogP contribution in [0.15, 0.2) is 48.7 Å². The molecule has 2 heterocycles. The quantitative estimate of drug-likeness (QED) is 0.776. The van der Waals surface area contributed by atoms with E-state index in [1.807, 2.05) is 42.6 Å². The summed E-state index contributed by atoms with van der Waals surface area (Å²) in [6.45, 7) is 7.63. The number of amides is 1. The minimum Gasteiger partial charge on any atom is -0.491 e. The maximum absolute atomic E-state index is 12.4. The van der Waals surface area contributed by atoms with Gasteiger partial charge in [-0.05, 0) is 30.7 Å². The number of aromatic nitrogens is 1. The maximum atomic E-state index is 12.4. The first-order chi connectivity index (χ1) is 13.2. The number of carbonyl (C=O) groups excluding carboxylic acids is 1. The molecule has 1 aromatic carbocycles. The fraction of sp³-hybridized carbons (Fsp3) is 0.429. The van der Waals surface area contributed by atoms with Crippen LogP contribution in [0.3, 0.4) is 0 Å². The van der Waals surface area contributed by atoms with Crippen LogP contribution in [0.25, 0.3) is 0 Å². The number of ether oxygens (including phenoxy) is 1. The Bertz CT molecular complexity index is 715. The van der Waals surface area contributed by atoms with E-state index >= 15 is 0 Å². The van der Waals surface area contributed by atoms with E-state index in [9.17, 15) is 4.79 Å². The van der Waals surface area contributed by atoms with E-state index in [2.05, 4.69) is 33.1 Å². The van der Waals surface area contributed by atoms with E-state index in [-0.39, 0.29) is 5.91 Å². The average molecular weight is 368 g/mol. The molecule has 1 fully saturated rings. The SMILES string of the molecule is CCCOc1ccccc1NC(=O)CN1CCN(Cc2ccccn2)CC1. The van der Waals surface area contributed by atoms with Crippen LogP contribution in [0.4, 0.5) is 5.69 Å². The smallest absolute Gasteiger partial charge is 0.238 e. The molecule has 0 aliphatic carbocycles. The molecule has 2 aromatic rings. The average Bonchev–Trinajstić information content (AvgIpc) is 2.69. The van der Waals surface area contributed by atoms with Crippen LogP contribution in [0.1, 0.15) is 19.0 Å². The summed E-state index contributed by atoms with van der Waals surface area (Å²) in [5.74, 6) is 0.730. The molecule has 1 N–H and O–H groups in total. The summed E-state index contributed by atoms with van der Waals surface area (Å²) in [6, 6.07) is 13.6. The maximum Gasteiger partial charge on any atom is 0.238 e. The number of nitrogens with zero attached hydrogens (tertiary/aromatic N) is 3. The van der Waals surface area contributed by atoms with Crippen LogP contribution in [-0.2, 0) is 11.3 Å². The van der Waals surface area contributed by atoms with Crippen LogP contribution in [0.2, 0.25) is 0 Å². The number of para-hydroxylation sites is 2. The Hall–Kier alpha value is -2.44. The minimum absolute atomic E-state index is 0.000671. The van der Waals surface area contributed by atoms with Crippen molar-refractivity contribution in [2.75, 3.05) is 44.6 Å². The molecule has 1 saturated heterocycles. The van der Waals surface area contributed by atoms with Gasteiger partial charge < -0.3 is 10.1 Å². The second-order valence-corrected chi connectivity index (χ2v) is 6.77. The summed E-state index contributed by atoms with van der Waals surface area (Å²) in [4.78, 5) is 21.4. The number of rotatable bonds is 8. The number of piperazine rings is 1. The lowest BCUT2D eigenvalue weighted by Gasteiger charge is -2.34. The van der Waals surface area contributed by atoms with E-state index in [0.717, 1.165) is 56.3 Å². The molecule has 0 spiro atoms. The van der Waals surface area contributed by atoms with Gasteiger partial charge in [-0.25, -0.2) is 0 Å². The Balaban J connectivity index is 1.44. The predicted octanol–water partition coefficient (Wildman–Crippen LogP) is 2.63. The van der Waals surface area contributed by atoms with Gasteiger partial charge in [-0.2, -0.15) is 0 Å². The van der Waals surface area contributed by atoms with Gasteiger partial charge in [0.15, 0.2) is 0 Å². The Morgan fingerprint density at radius 3 is 2.56 bits per heavy atom. The normalized spacial score (nSPS) is 15.4. The third kappa shape index (κ3) is 6.05. The highest BCUT2D eigenvalue weighted by Gasteiger charge is 2.19. The van der Waals surface area contributed by atoms with Crippen molar-refractivity contribution in [3.05, 3.63) is 54.4 Å². The van der Waals surface area contributed by atoms with Gasteiger partial charge in [0, 0.05) is 38.9 Å². The number of carbonyl (C=O) groups is 1. The Kier molecular flexibility index (Phi) is 7.19. The zero-order chi connectivity index (χ0) is 18.9. The molecule has 0 atom stereocenters.